The van der Waals surface area contributed by atoms with Crippen molar-refractivity contribution in [2.75, 3.05) is 5.32 Å². The van der Waals surface area contributed by atoms with Crippen LogP contribution in [0.5, 0.6) is 0 Å². The summed E-state index contributed by atoms with van der Waals surface area (Å²) in [4.78, 5) is 25.5. The number of unbranched alkanes of at least 4 members (excludes halogenated alkanes) is 1. The highest BCUT2D eigenvalue weighted by atomic mass is 16.2. The van der Waals surface area contributed by atoms with E-state index in [1.54, 1.807) is 6.20 Å². The Morgan fingerprint density at radius 3 is 2.74 bits per heavy atom. The summed E-state index contributed by atoms with van der Waals surface area (Å²) in [6.45, 7) is 4.26. The van der Waals surface area contributed by atoms with Gasteiger partial charge in [0.25, 0.3) is 0 Å². The summed E-state index contributed by atoms with van der Waals surface area (Å²) < 4.78 is 0. The van der Waals surface area contributed by atoms with E-state index in [2.05, 4.69) is 39.4 Å². The fourth-order valence-electron chi connectivity index (χ4n) is 3.26. The molecule has 0 aromatic carbocycles. The molecular formula is C21H25N5O. The zero-order valence-corrected chi connectivity index (χ0v) is 15.8. The number of pyridine rings is 2. The van der Waals surface area contributed by atoms with Gasteiger partial charge >= 0.3 is 0 Å². The molecule has 2 aliphatic rings. The molecule has 2 aromatic rings. The number of carbonyl (C=O) groups is 1. The van der Waals surface area contributed by atoms with Gasteiger partial charge in [0.05, 0.1) is 5.69 Å². The summed E-state index contributed by atoms with van der Waals surface area (Å²) in [6.07, 6.45) is 11.0. The van der Waals surface area contributed by atoms with Crippen LogP contribution in [-0.2, 0) is 4.79 Å². The first-order valence-corrected chi connectivity index (χ1v) is 9.71. The van der Waals surface area contributed by atoms with Crippen LogP contribution in [0.15, 0.2) is 35.2 Å². The fraction of sp³-hybridized carbons (Fsp3) is 0.429. The van der Waals surface area contributed by atoms with Crippen LogP contribution in [0.4, 0.5) is 5.82 Å². The van der Waals surface area contributed by atoms with Crippen LogP contribution >= 0.6 is 0 Å². The molecule has 6 nitrogen and oxygen atoms in total. The van der Waals surface area contributed by atoms with Gasteiger partial charge in [-0.25, -0.2) is 4.98 Å². The van der Waals surface area contributed by atoms with E-state index < -0.39 is 0 Å². The number of aromatic nitrogens is 2. The van der Waals surface area contributed by atoms with Crippen LogP contribution in [0.2, 0.25) is 0 Å². The van der Waals surface area contributed by atoms with Crippen molar-refractivity contribution in [2.45, 2.75) is 52.1 Å². The largest absolute Gasteiger partial charge is 0.367 e. The highest BCUT2D eigenvalue weighted by molar-refractivity contribution is 6.11. The van der Waals surface area contributed by atoms with Crippen molar-refractivity contribution >= 4 is 34.3 Å². The first kappa shape index (κ1) is 17.6. The first-order valence-electron chi connectivity index (χ1n) is 9.71. The number of fused-ring (bicyclic) bond motifs is 1. The van der Waals surface area contributed by atoms with E-state index in [1.807, 2.05) is 24.5 Å². The Balaban J connectivity index is 1.53. The van der Waals surface area contributed by atoms with Gasteiger partial charge in [-0.1, -0.05) is 13.3 Å². The Morgan fingerprint density at radius 1 is 1.22 bits per heavy atom. The lowest BCUT2D eigenvalue weighted by Gasteiger charge is -2.22. The predicted molar refractivity (Wildman–Crippen MR) is 108 cm³/mol. The molecule has 0 saturated heterocycles. The third-order valence-electron chi connectivity index (χ3n) is 5.08. The number of amides is 1. The standard InChI is InChI=1S/C21H25N5O/c1-3-4-5-19-24-12-17(13(2)25-19)18-8-15-11-23-20(9-16(15)10-22-18)26-21(27)14-6-7-14/h8-12,14,19,25H,3-7H2,1-2H3,(H,23,26,27). The molecule has 1 amide bonds. The number of anilines is 1. The van der Waals surface area contributed by atoms with Crippen molar-refractivity contribution in [3.8, 4) is 0 Å². The lowest BCUT2D eigenvalue weighted by atomic mass is 10.1. The van der Waals surface area contributed by atoms with E-state index in [4.69, 9.17) is 0 Å². The molecule has 6 heteroatoms. The highest BCUT2D eigenvalue weighted by Crippen LogP contribution is 2.30. The number of hydrogen-bond acceptors (Lipinski definition) is 5. The molecule has 4 rings (SSSR count). The number of allylic oxidation sites excluding steroid dienone is 2. The van der Waals surface area contributed by atoms with Crippen LogP contribution < -0.4 is 10.6 Å². The number of carbonyl (C=O) groups excluding carboxylic acids is 1. The molecule has 2 aromatic heterocycles. The quantitative estimate of drug-likeness (QED) is 0.816. The van der Waals surface area contributed by atoms with Gasteiger partial charge in [0.1, 0.15) is 12.0 Å². The molecule has 3 heterocycles. The second-order valence-corrected chi connectivity index (χ2v) is 7.37. The number of nitrogens with zero attached hydrogens (tertiary/aromatic N) is 3. The summed E-state index contributed by atoms with van der Waals surface area (Å²) >= 11 is 0. The van der Waals surface area contributed by atoms with Gasteiger partial charge in [-0.05, 0) is 44.7 Å². The van der Waals surface area contributed by atoms with E-state index in [0.29, 0.717) is 5.82 Å². The van der Waals surface area contributed by atoms with E-state index in [-0.39, 0.29) is 18.0 Å². The Kier molecular flexibility index (Phi) is 4.88. The van der Waals surface area contributed by atoms with Gasteiger partial charge in [0, 0.05) is 46.6 Å². The number of rotatable bonds is 6. The molecule has 2 N–H and O–H groups in total. The number of hydrogen-bond donors (Lipinski definition) is 2. The van der Waals surface area contributed by atoms with E-state index in [9.17, 15) is 4.79 Å². The van der Waals surface area contributed by atoms with Crippen molar-refractivity contribution in [1.82, 2.24) is 15.3 Å². The van der Waals surface area contributed by atoms with Gasteiger partial charge in [-0.15, -0.1) is 0 Å². The smallest absolute Gasteiger partial charge is 0.228 e. The van der Waals surface area contributed by atoms with Crippen LogP contribution in [0.1, 0.15) is 51.6 Å². The Morgan fingerprint density at radius 2 is 2.00 bits per heavy atom. The fourth-order valence-corrected chi connectivity index (χ4v) is 3.26. The average molecular weight is 363 g/mol. The highest BCUT2D eigenvalue weighted by Gasteiger charge is 2.29. The van der Waals surface area contributed by atoms with Crippen LogP contribution in [0.3, 0.4) is 0 Å². The van der Waals surface area contributed by atoms with E-state index >= 15 is 0 Å². The third-order valence-corrected chi connectivity index (χ3v) is 5.08. The topological polar surface area (TPSA) is 79.3 Å². The lowest BCUT2D eigenvalue weighted by molar-refractivity contribution is -0.117. The number of nitrogens with one attached hydrogen (secondary N) is 2. The minimum atomic E-state index is 0.0642. The summed E-state index contributed by atoms with van der Waals surface area (Å²) in [7, 11) is 0. The van der Waals surface area contributed by atoms with Gasteiger partial charge < -0.3 is 10.6 Å². The Labute approximate surface area is 159 Å². The molecule has 1 unspecified atom stereocenters. The molecule has 1 saturated carbocycles. The molecule has 0 bridgehead atoms. The molecular weight excluding hydrogens is 338 g/mol. The molecule has 1 atom stereocenters. The van der Waals surface area contributed by atoms with Crippen molar-refractivity contribution in [2.24, 2.45) is 10.9 Å². The molecule has 0 radical (unpaired) electrons. The normalized spacial score (nSPS) is 19.3. The summed E-state index contributed by atoms with van der Waals surface area (Å²) in [5.74, 6) is 0.815. The second kappa shape index (κ2) is 7.47. The SMILES string of the molecule is CCCCC1N=CC(c2cc3cnc(NC(=O)C4CC4)cc3cn2)=C(C)N1. The summed E-state index contributed by atoms with van der Waals surface area (Å²) in [6, 6.07) is 3.90. The molecule has 1 aliphatic carbocycles. The predicted octanol–water partition coefficient (Wildman–Crippen LogP) is 3.90. The average Bonchev–Trinajstić information content (AvgIpc) is 3.51. The Bertz CT molecular complexity index is 929. The first-order chi connectivity index (χ1) is 13.1. The van der Waals surface area contributed by atoms with Crippen molar-refractivity contribution < 1.29 is 4.79 Å². The molecule has 27 heavy (non-hydrogen) atoms. The van der Waals surface area contributed by atoms with Crippen LogP contribution in [0, 0.1) is 5.92 Å². The molecule has 0 spiro atoms. The molecule has 140 valence electrons. The third kappa shape index (κ3) is 3.99. The van der Waals surface area contributed by atoms with Crippen molar-refractivity contribution in [3.05, 3.63) is 35.9 Å². The molecule has 1 fully saturated rings. The van der Waals surface area contributed by atoms with Crippen molar-refractivity contribution in [1.29, 1.82) is 0 Å². The van der Waals surface area contributed by atoms with Gasteiger partial charge in [0.15, 0.2) is 0 Å². The lowest BCUT2D eigenvalue weighted by Crippen LogP contribution is -2.29. The minimum absolute atomic E-state index is 0.0642. The van der Waals surface area contributed by atoms with E-state index in [1.165, 1.54) is 6.42 Å². The Hall–Kier alpha value is -2.76. The maximum atomic E-state index is 11.9. The zero-order chi connectivity index (χ0) is 18.8. The maximum Gasteiger partial charge on any atom is 0.228 e. The summed E-state index contributed by atoms with van der Waals surface area (Å²) in [5.41, 5.74) is 2.98. The van der Waals surface area contributed by atoms with Gasteiger partial charge in [-0.2, -0.15) is 0 Å². The number of aliphatic imine (C=N–C) groups is 1. The maximum absolute atomic E-state index is 11.9. The van der Waals surface area contributed by atoms with Crippen LogP contribution in [-0.4, -0.2) is 28.3 Å². The minimum Gasteiger partial charge on any atom is -0.367 e. The summed E-state index contributed by atoms with van der Waals surface area (Å²) in [5, 5.41) is 8.31. The molecule has 1 aliphatic heterocycles. The van der Waals surface area contributed by atoms with Crippen LogP contribution in [0.25, 0.3) is 16.3 Å². The second-order valence-electron chi connectivity index (χ2n) is 7.37. The van der Waals surface area contributed by atoms with Crippen molar-refractivity contribution in [3.63, 3.8) is 0 Å². The van der Waals surface area contributed by atoms with Gasteiger partial charge in [0.2, 0.25) is 5.91 Å². The zero-order valence-electron chi connectivity index (χ0n) is 15.8. The monoisotopic (exact) mass is 363 g/mol. The van der Waals surface area contributed by atoms with Gasteiger partial charge in [-0.3, -0.25) is 14.8 Å². The van der Waals surface area contributed by atoms with E-state index in [0.717, 1.165) is 53.4 Å².